The molecule has 0 radical (unpaired) electrons. The molecule has 0 saturated carbocycles. The number of anilines is 1. The van der Waals surface area contributed by atoms with Crippen LogP contribution in [0.5, 0.6) is 0 Å². The summed E-state index contributed by atoms with van der Waals surface area (Å²) in [5.41, 5.74) is -6.80. The van der Waals surface area contributed by atoms with Crippen LogP contribution in [0.25, 0.3) is 0 Å². The van der Waals surface area contributed by atoms with E-state index < -0.39 is 42.9 Å². The van der Waals surface area contributed by atoms with E-state index in [0.717, 1.165) is 6.07 Å². The van der Waals surface area contributed by atoms with Gasteiger partial charge in [0.25, 0.3) is 5.91 Å². The van der Waals surface area contributed by atoms with Crippen LogP contribution >= 0.6 is 0 Å². The molecule has 1 aromatic carbocycles. The molecule has 9 nitrogen and oxygen atoms in total. The van der Waals surface area contributed by atoms with E-state index in [-0.39, 0.29) is 31.0 Å². The summed E-state index contributed by atoms with van der Waals surface area (Å²) in [7, 11) is -4.83. The maximum absolute atomic E-state index is 13.3. The molecule has 2 amide bonds. The number of halogens is 3. The van der Waals surface area contributed by atoms with Gasteiger partial charge in [-0.15, -0.1) is 0 Å². The molecule has 1 aliphatic rings. The fourth-order valence-electron chi connectivity index (χ4n) is 3.14. The molecule has 1 heterocycles. The number of ether oxygens (including phenoxy) is 1. The number of oxime groups is 1. The maximum atomic E-state index is 13.3. The highest BCUT2D eigenvalue weighted by Crippen LogP contribution is 2.35. The number of carbonyl (C=O) groups is 2. The van der Waals surface area contributed by atoms with Crippen molar-refractivity contribution in [2.45, 2.75) is 39.2 Å². The van der Waals surface area contributed by atoms with Gasteiger partial charge in [0.05, 0.1) is 12.3 Å². The molecule has 32 heavy (non-hydrogen) atoms. The van der Waals surface area contributed by atoms with Crippen LogP contribution in [0.4, 0.5) is 23.7 Å². The number of hydrogen-bond acceptors (Lipinski definition) is 7. The molecule has 1 aliphatic heterocycles. The van der Waals surface area contributed by atoms with Gasteiger partial charge in [0.15, 0.2) is 5.71 Å². The molecular weight excluding hydrogens is 455 g/mol. The molecule has 0 spiro atoms. The molecule has 2 rings (SSSR count). The number of para-hydroxylation sites is 1. The van der Waals surface area contributed by atoms with Gasteiger partial charge in [0, 0.05) is 18.5 Å². The van der Waals surface area contributed by atoms with Crippen LogP contribution in [0.15, 0.2) is 29.4 Å². The Morgan fingerprint density at radius 3 is 2.47 bits per heavy atom. The van der Waals surface area contributed by atoms with Gasteiger partial charge in [-0.05, 0) is 25.0 Å². The average molecular weight is 479 g/mol. The first-order valence-corrected chi connectivity index (χ1v) is 11.0. The summed E-state index contributed by atoms with van der Waals surface area (Å²) in [6.45, 7) is 4.54. The third-order valence-corrected chi connectivity index (χ3v) is 6.27. The topological polar surface area (TPSA) is 106 Å². The Kier molecular flexibility index (Phi) is 7.43. The van der Waals surface area contributed by atoms with Crippen molar-refractivity contribution in [2.75, 3.05) is 24.6 Å². The van der Waals surface area contributed by atoms with Gasteiger partial charge in [0.1, 0.15) is 7.11 Å². The highest BCUT2D eigenvalue weighted by molar-refractivity contribution is 7.94. The molecule has 1 saturated heterocycles. The van der Waals surface area contributed by atoms with Gasteiger partial charge in [0.2, 0.25) is 0 Å². The van der Waals surface area contributed by atoms with Gasteiger partial charge in [-0.2, -0.15) is 25.9 Å². The predicted molar refractivity (Wildman–Crippen MR) is 109 cm³/mol. The fraction of sp³-hybridized carbons (Fsp3) is 0.526. The molecule has 0 aromatic heterocycles. The number of rotatable bonds is 6. The smallest absolute Gasteiger partial charge is 0.449 e. The van der Waals surface area contributed by atoms with Crippen LogP contribution in [-0.4, -0.2) is 56.8 Å². The summed E-state index contributed by atoms with van der Waals surface area (Å²) in [4.78, 5) is 31.2. The first kappa shape index (κ1) is 25.4. The maximum Gasteiger partial charge on any atom is 0.517 e. The lowest BCUT2D eigenvalue weighted by atomic mass is 9.80. The molecule has 1 fully saturated rings. The molecule has 0 N–H and O–H groups in total. The van der Waals surface area contributed by atoms with Crippen LogP contribution in [0, 0.1) is 5.41 Å². The Labute approximate surface area is 183 Å². The highest BCUT2D eigenvalue weighted by atomic mass is 32.2. The number of hydrogen-bond donors (Lipinski definition) is 0. The van der Waals surface area contributed by atoms with Gasteiger partial charge in [-0.1, -0.05) is 37.2 Å². The number of carbonyl (C=O) groups excluding carboxylic acids is 2. The third kappa shape index (κ3) is 4.97. The Balaban J connectivity index is 2.52. The first-order valence-electron chi connectivity index (χ1n) is 9.55. The summed E-state index contributed by atoms with van der Waals surface area (Å²) in [6.07, 6.45) is -1.23. The number of sulfonamides is 1. The second-order valence-electron chi connectivity index (χ2n) is 7.53. The van der Waals surface area contributed by atoms with Gasteiger partial charge in [-0.25, -0.2) is 4.79 Å². The second kappa shape index (κ2) is 9.35. The monoisotopic (exact) mass is 479 g/mol. The average Bonchev–Trinajstić information content (AvgIpc) is 2.68. The lowest BCUT2D eigenvalue weighted by Gasteiger charge is -2.37. The summed E-state index contributed by atoms with van der Waals surface area (Å²) < 4.78 is 68.5. The molecule has 0 aliphatic carbocycles. The summed E-state index contributed by atoms with van der Waals surface area (Å²) in [5, 5.41) is 3.79. The van der Waals surface area contributed by atoms with Crippen LogP contribution in [0.1, 0.15) is 32.8 Å². The van der Waals surface area contributed by atoms with Crippen molar-refractivity contribution in [3.05, 3.63) is 29.8 Å². The Bertz CT molecular complexity index is 1010. The predicted octanol–water partition coefficient (Wildman–Crippen LogP) is 3.26. The van der Waals surface area contributed by atoms with Gasteiger partial charge in [-0.3, -0.25) is 4.79 Å². The fourth-order valence-corrected chi connectivity index (χ4v) is 4.03. The Morgan fingerprint density at radius 2 is 1.91 bits per heavy atom. The van der Waals surface area contributed by atoms with E-state index in [4.69, 9.17) is 4.84 Å². The molecule has 178 valence electrons. The van der Waals surface area contributed by atoms with Crippen LogP contribution in [0.3, 0.4) is 0 Å². The van der Waals surface area contributed by atoms with Crippen molar-refractivity contribution in [3.8, 4) is 0 Å². The molecule has 0 bridgehead atoms. The van der Waals surface area contributed by atoms with E-state index in [1.807, 2.05) is 0 Å². The molecular formula is C19H24F3N3O6S. The van der Waals surface area contributed by atoms with Gasteiger partial charge < -0.3 is 14.5 Å². The van der Waals surface area contributed by atoms with Crippen molar-refractivity contribution in [2.24, 2.45) is 10.6 Å². The number of piperidine rings is 1. The van der Waals surface area contributed by atoms with E-state index in [9.17, 15) is 31.2 Å². The Hall–Kier alpha value is -2.83. The van der Waals surface area contributed by atoms with Gasteiger partial charge >= 0.3 is 21.6 Å². The van der Waals surface area contributed by atoms with Crippen molar-refractivity contribution >= 4 is 33.4 Å². The lowest BCUT2D eigenvalue weighted by molar-refractivity contribution is -0.127. The largest absolute Gasteiger partial charge is 0.517 e. The SMILES string of the molecule is CCOC(=O)N(c1ccccc1CN1CCC(C)(C)/C(=N\OC)C1=O)S(=O)(=O)C(F)(F)F. The number of likely N-dealkylation sites (tertiary alicyclic amines) is 1. The Morgan fingerprint density at radius 1 is 1.28 bits per heavy atom. The standard InChI is InChI=1S/C19H24F3N3O6S/c1-5-31-17(27)25(32(28,29)19(20,21)22)14-9-7-6-8-13(14)12-24-11-10-18(2,3)15(16(24)26)23-30-4/h6-9H,5,10-12H2,1-4H3/b23-15-. The quantitative estimate of drug-likeness (QED) is 0.580. The van der Waals surface area contributed by atoms with Crippen LogP contribution in [-0.2, 0) is 30.9 Å². The molecule has 1 aromatic rings. The molecule has 0 atom stereocenters. The summed E-state index contributed by atoms with van der Waals surface area (Å²) in [6, 6.07) is 5.09. The molecule has 0 unspecified atom stereocenters. The van der Waals surface area contributed by atoms with Crippen LogP contribution < -0.4 is 4.31 Å². The number of nitrogens with zero attached hydrogens (tertiary/aromatic N) is 3. The number of alkyl halides is 3. The zero-order chi connectivity index (χ0) is 24.3. The zero-order valence-corrected chi connectivity index (χ0v) is 18.8. The van der Waals surface area contributed by atoms with Crippen LogP contribution in [0.2, 0.25) is 0 Å². The van der Waals surface area contributed by atoms with Crippen molar-refractivity contribution < 1.29 is 40.8 Å². The van der Waals surface area contributed by atoms with E-state index in [2.05, 4.69) is 9.89 Å². The minimum Gasteiger partial charge on any atom is -0.449 e. The number of benzene rings is 1. The van der Waals surface area contributed by atoms with E-state index in [1.54, 1.807) is 13.8 Å². The normalized spacial score (nSPS) is 17.9. The van der Waals surface area contributed by atoms with E-state index in [0.29, 0.717) is 6.42 Å². The minimum absolute atomic E-state index is 0.00167. The van der Waals surface area contributed by atoms with Crippen molar-refractivity contribution in [3.63, 3.8) is 0 Å². The van der Waals surface area contributed by atoms with Crippen molar-refractivity contribution in [1.82, 2.24) is 4.90 Å². The lowest BCUT2D eigenvalue weighted by Crippen LogP contribution is -2.50. The first-order chi connectivity index (χ1) is 14.8. The highest BCUT2D eigenvalue weighted by Gasteiger charge is 2.53. The summed E-state index contributed by atoms with van der Waals surface area (Å²) in [5.74, 6) is -0.515. The third-order valence-electron chi connectivity index (χ3n) is 4.86. The summed E-state index contributed by atoms with van der Waals surface area (Å²) >= 11 is 0. The minimum atomic E-state index is -6.12. The second-order valence-corrected chi connectivity index (χ2v) is 9.30. The van der Waals surface area contributed by atoms with Crippen molar-refractivity contribution in [1.29, 1.82) is 0 Å². The van der Waals surface area contributed by atoms with E-state index >= 15 is 0 Å². The molecule has 13 heteroatoms. The van der Waals surface area contributed by atoms with E-state index in [1.165, 1.54) is 37.1 Å². The number of amides is 2. The zero-order valence-electron chi connectivity index (χ0n) is 18.0.